The van der Waals surface area contributed by atoms with Gasteiger partial charge in [-0.2, -0.15) is 0 Å². The molecule has 1 amide bonds. The number of rotatable bonds is 4. The van der Waals surface area contributed by atoms with E-state index in [2.05, 4.69) is 4.98 Å². The van der Waals surface area contributed by atoms with Crippen molar-refractivity contribution in [1.82, 2.24) is 9.55 Å². The average molecular weight is 230 g/mol. The molecule has 0 aliphatic carbocycles. The van der Waals surface area contributed by atoms with Crippen LogP contribution in [0.4, 0.5) is 0 Å². The lowest BCUT2D eigenvalue weighted by Gasteiger charge is -2.08. The molecule has 17 heavy (non-hydrogen) atoms. The Labute approximate surface area is 99.1 Å². The lowest BCUT2D eigenvalue weighted by molar-refractivity contribution is -0.119. The molecule has 1 aromatic carbocycles. The van der Waals surface area contributed by atoms with Gasteiger partial charge in [0.05, 0.1) is 12.4 Å². The number of amides is 1. The number of hydrogen-bond donors (Lipinski definition) is 2. The van der Waals surface area contributed by atoms with Crippen molar-refractivity contribution < 1.29 is 4.79 Å². The Morgan fingerprint density at radius 1 is 1.35 bits per heavy atom. The van der Waals surface area contributed by atoms with Gasteiger partial charge >= 0.3 is 0 Å². The van der Waals surface area contributed by atoms with Crippen LogP contribution in [0, 0.1) is 0 Å². The molecule has 1 heterocycles. The molecule has 1 aromatic heterocycles. The third-order valence-electron chi connectivity index (χ3n) is 2.56. The fourth-order valence-corrected chi connectivity index (χ4v) is 1.57. The van der Waals surface area contributed by atoms with Gasteiger partial charge in [-0.3, -0.25) is 4.79 Å². The average Bonchev–Trinajstić information content (AvgIpc) is 2.83. The SMILES string of the molecule is NC(=O)[C@H](N)Cc1ccc(-n2ccnc2)cc1. The number of nitrogens with two attached hydrogens (primary N) is 2. The van der Waals surface area contributed by atoms with Crippen LogP contribution < -0.4 is 11.5 Å². The van der Waals surface area contributed by atoms with Crippen molar-refractivity contribution in [3.63, 3.8) is 0 Å². The van der Waals surface area contributed by atoms with E-state index in [4.69, 9.17) is 11.5 Å². The third kappa shape index (κ3) is 2.70. The zero-order valence-electron chi connectivity index (χ0n) is 9.28. The van der Waals surface area contributed by atoms with E-state index in [1.165, 1.54) is 0 Å². The van der Waals surface area contributed by atoms with E-state index in [-0.39, 0.29) is 0 Å². The summed E-state index contributed by atoms with van der Waals surface area (Å²) in [6.07, 6.45) is 5.77. The molecule has 0 saturated heterocycles. The Balaban J connectivity index is 2.11. The Hall–Kier alpha value is -2.14. The van der Waals surface area contributed by atoms with Crippen molar-refractivity contribution in [2.45, 2.75) is 12.5 Å². The maximum atomic E-state index is 10.8. The summed E-state index contributed by atoms with van der Waals surface area (Å²) < 4.78 is 1.90. The maximum absolute atomic E-state index is 10.8. The first kappa shape index (κ1) is 11.3. The molecule has 0 spiro atoms. The number of nitrogens with zero attached hydrogens (tertiary/aromatic N) is 2. The molecule has 0 saturated carbocycles. The molecule has 0 aliphatic heterocycles. The van der Waals surface area contributed by atoms with E-state index >= 15 is 0 Å². The topological polar surface area (TPSA) is 86.9 Å². The number of primary amides is 1. The lowest BCUT2D eigenvalue weighted by Crippen LogP contribution is -2.38. The molecule has 2 rings (SSSR count). The molecule has 5 nitrogen and oxygen atoms in total. The first-order valence-corrected chi connectivity index (χ1v) is 5.29. The molecule has 2 aromatic rings. The van der Waals surface area contributed by atoms with Crippen LogP contribution in [0.25, 0.3) is 5.69 Å². The van der Waals surface area contributed by atoms with Gasteiger partial charge in [-0.15, -0.1) is 0 Å². The van der Waals surface area contributed by atoms with Crippen molar-refractivity contribution in [1.29, 1.82) is 0 Å². The molecule has 1 atom stereocenters. The Kier molecular flexibility index (Phi) is 3.20. The molecule has 88 valence electrons. The lowest BCUT2D eigenvalue weighted by atomic mass is 10.1. The van der Waals surface area contributed by atoms with Crippen LogP contribution in [-0.2, 0) is 11.2 Å². The number of hydrogen-bond acceptors (Lipinski definition) is 3. The molecule has 0 aliphatic rings. The summed E-state index contributed by atoms with van der Waals surface area (Å²) in [4.78, 5) is 14.8. The highest BCUT2D eigenvalue weighted by Crippen LogP contribution is 2.10. The van der Waals surface area contributed by atoms with E-state index in [1.807, 2.05) is 35.0 Å². The normalized spacial score (nSPS) is 12.3. The van der Waals surface area contributed by atoms with Crippen LogP contribution in [-0.4, -0.2) is 21.5 Å². The zero-order chi connectivity index (χ0) is 12.3. The van der Waals surface area contributed by atoms with Gasteiger partial charge in [0.25, 0.3) is 0 Å². The van der Waals surface area contributed by atoms with Crippen LogP contribution >= 0.6 is 0 Å². The summed E-state index contributed by atoms with van der Waals surface area (Å²) in [5.41, 5.74) is 12.7. The van der Waals surface area contributed by atoms with Gasteiger partial charge in [-0.05, 0) is 24.1 Å². The van der Waals surface area contributed by atoms with Crippen LogP contribution in [0.2, 0.25) is 0 Å². The molecule has 0 bridgehead atoms. The molecule has 0 unspecified atom stereocenters. The summed E-state index contributed by atoms with van der Waals surface area (Å²) in [7, 11) is 0. The second kappa shape index (κ2) is 4.80. The van der Waals surface area contributed by atoms with Crippen LogP contribution in [0.5, 0.6) is 0 Å². The van der Waals surface area contributed by atoms with E-state index in [9.17, 15) is 4.79 Å². The minimum Gasteiger partial charge on any atom is -0.368 e. The van der Waals surface area contributed by atoms with Gasteiger partial charge in [0.15, 0.2) is 0 Å². The second-order valence-electron chi connectivity index (χ2n) is 3.85. The minimum absolute atomic E-state index is 0.458. The summed E-state index contributed by atoms with van der Waals surface area (Å²) in [5, 5.41) is 0. The van der Waals surface area contributed by atoms with E-state index in [0.717, 1.165) is 11.3 Å². The van der Waals surface area contributed by atoms with Crippen molar-refractivity contribution in [3.8, 4) is 5.69 Å². The fourth-order valence-electron chi connectivity index (χ4n) is 1.57. The van der Waals surface area contributed by atoms with Gasteiger partial charge in [0, 0.05) is 18.1 Å². The molecular formula is C12H14N4O. The van der Waals surface area contributed by atoms with E-state index in [0.29, 0.717) is 6.42 Å². The molecular weight excluding hydrogens is 216 g/mol. The first-order chi connectivity index (χ1) is 8.16. The van der Waals surface area contributed by atoms with Gasteiger partial charge in [-0.25, -0.2) is 4.98 Å². The monoisotopic (exact) mass is 230 g/mol. The van der Waals surface area contributed by atoms with Crippen LogP contribution in [0.3, 0.4) is 0 Å². The summed E-state index contributed by atoms with van der Waals surface area (Å²) >= 11 is 0. The predicted molar refractivity (Wildman–Crippen MR) is 64.4 cm³/mol. The van der Waals surface area contributed by atoms with E-state index in [1.54, 1.807) is 12.5 Å². The van der Waals surface area contributed by atoms with Crippen molar-refractivity contribution in [2.75, 3.05) is 0 Å². The molecule has 5 heteroatoms. The Morgan fingerprint density at radius 3 is 2.59 bits per heavy atom. The highest BCUT2D eigenvalue weighted by atomic mass is 16.1. The quantitative estimate of drug-likeness (QED) is 0.788. The van der Waals surface area contributed by atoms with Gasteiger partial charge < -0.3 is 16.0 Å². The molecule has 0 fully saturated rings. The van der Waals surface area contributed by atoms with Crippen molar-refractivity contribution >= 4 is 5.91 Å². The highest BCUT2D eigenvalue weighted by molar-refractivity contribution is 5.79. The Morgan fingerprint density at radius 2 is 2.06 bits per heavy atom. The van der Waals surface area contributed by atoms with Crippen LogP contribution in [0.15, 0.2) is 43.0 Å². The smallest absolute Gasteiger partial charge is 0.234 e. The van der Waals surface area contributed by atoms with Crippen molar-refractivity contribution in [2.24, 2.45) is 11.5 Å². The minimum atomic E-state index is -0.630. The number of benzene rings is 1. The summed E-state index contributed by atoms with van der Waals surface area (Å²) in [6, 6.07) is 7.13. The number of aromatic nitrogens is 2. The fraction of sp³-hybridized carbons (Fsp3) is 0.167. The van der Waals surface area contributed by atoms with Crippen LogP contribution in [0.1, 0.15) is 5.56 Å². The second-order valence-corrected chi connectivity index (χ2v) is 3.85. The first-order valence-electron chi connectivity index (χ1n) is 5.29. The van der Waals surface area contributed by atoms with Gasteiger partial charge in [-0.1, -0.05) is 12.1 Å². The largest absolute Gasteiger partial charge is 0.368 e. The zero-order valence-corrected chi connectivity index (χ0v) is 9.28. The standard InChI is InChI=1S/C12H14N4O/c13-11(12(14)17)7-9-1-3-10(4-2-9)16-6-5-15-8-16/h1-6,8,11H,7,13H2,(H2,14,17)/t11-/m1/s1. The van der Waals surface area contributed by atoms with E-state index < -0.39 is 11.9 Å². The summed E-state index contributed by atoms with van der Waals surface area (Å²) in [6.45, 7) is 0. The number of carbonyl (C=O) groups excluding carboxylic acids is 1. The predicted octanol–water partition coefficient (Wildman–Crippen LogP) is 0.227. The number of imidazole rings is 1. The maximum Gasteiger partial charge on any atom is 0.234 e. The van der Waals surface area contributed by atoms with Gasteiger partial charge in [0.2, 0.25) is 5.91 Å². The summed E-state index contributed by atoms with van der Waals surface area (Å²) in [5.74, 6) is -0.483. The Bertz CT molecular complexity index is 490. The van der Waals surface area contributed by atoms with Gasteiger partial charge in [0.1, 0.15) is 0 Å². The number of carbonyl (C=O) groups is 1. The third-order valence-corrected chi connectivity index (χ3v) is 2.56. The molecule has 4 N–H and O–H groups in total. The molecule has 0 radical (unpaired) electrons. The highest BCUT2D eigenvalue weighted by Gasteiger charge is 2.09. The van der Waals surface area contributed by atoms with Crippen molar-refractivity contribution in [3.05, 3.63) is 48.5 Å².